The summed E-state index contributed by atoms with van der Waals surface area (Å²) in [4.78, 5) is 24.7. The molecule has 0 saturated heterocycles. The van der Waals surface area contributed by atoms with E-state index in [4.69, 9.17) is 16.3 Å². The van der Waals surface area contributed by atoms with Gasteiger partial charge in [0.05, 0.1) is 19.9 Å². The van der Waals surface area contributed by atoms with Crippen LogP contribution in [0.25, 0.3) is 0 Å². The first kappa shape index (κ1) is 26.7. The quantitative estimate of drug-likeness (QED) is 0.275. The van der Waals surface area contributed by atoms with Crippen molar-refractivity contribution < 1.29 is 50.1 Å². The average Bonchev–Trinajstić information content (AvgIpc) is 2.72. The standard InChI is InChI=1S/C19H16ClF6N3O5/c1-32-14-8-3-10(20)9-13(14)28-17(15(30)33-2,18(21,22)23)29-16(31)27-11-4-6-12(7-5-11)34-19(24,25)26/h3-9,28H,1-2H3,(H2,27,29,31)/t17-/m1/s1. The molecule has 0 unspecified atom stereocenters. The molecule has 2 rings (SSSR count). The third-order valence-corrected chi connectivity index (χ3v) is 4.28. The topological polar surface area (TPSA) is 97.9 Å². The van der Waals surface area contributed by atoms with Gasteiger partial charge in [-0.3, -0.25) is 5.32 Å². The molecular formula is C19H16ClF6N3O5. The van der Waals surface area contributed by atoms with E-state index in [1.165, 1.54) is 17.4 Å². The van der Waals surface area contributed by atoms with Crippen LogP contribution in [0.2, 0.25) is 5.02 Å². The number of urea groups is 1. The number of ether oxygens (including phenoxy) is 3. The third kappa shape index (κ3) is 6.50. The van der Waals surface area contributed by atoms with Gasteiger partial charge in [0.25, 0.3) is 0 Å². The molecule has 0 aliphatic carbocycles. The third-order valence-electron chi connectivity index (χ3n) is 4.05. The molecule has 2 aromatic rings. The average molecular weight is 516 g/mol. The first-order valence-corrected chi connectivity index (χ1v) is 9.30. The molecular weight excluding hydrogens is 500 g/mol. The maximum Gasteiger partial charge on any atom is 0.573 e. The molecule has 3 N–H and O–H groups in total. The van der Waals surface area contributed by atoms with E-state index in [1.807, 2.05) is 10.6 Å². The van der Waals surface area contributed by atoms with Crippen LogP contribution in [0.15, 0.2) is 42.5 Å². The second-order valence-electron chi connectivity index (χ2n) is 6.36. The zero-order chi connectivity index (χ0) is 25.7. The van der Waals surface area contributed by atoms with E-state index >= 15 is 0 Å². The fourth-order valence-electron chi connectivity index (χ4n) is 2.60. The second-order valence-corrected chi connectivity index (χ2v) is 6.80. The molecule has 2 aromatic carbocycles. The largest absolute Gasteiger partial charge is 0.573 e. The van der Waals surface area contributed by atoms with Crippen molar-refractivity contribution in [3.63, 3.8) is 0 Å². The summed E-state index contributed by atoms with van der Waals surface area (Å²) in [6.07, 6.45) is -10.4. The molecule has 8 nitrogen and oxygen atoms in total. The Balaban J connectivity index is 2.36. The maximum atomic E-state index is 14.1. The number of halogens is 7. The molecule has 0 fully saturated rings. The molecule has 0 aromatic heterocycles. The smallest absolute Gasteiger partial charge is 0.495 e. The highest BCUT2D eigenvalue weighted by Gasteiger charge is 2.64. The Labute approximate surface area is 193 Å². The van der Waals surface area contributed by atoms with Crippen molar-refractivity contribution in [3.05, 3.63) is 47.5 Å². The monoisotopic (exact) mass is 515 g/mol. The van der Waals surface area contributed by atoms with Crippen LogP contribution < -0.4 is 25.4 Å². The lowest BCUT2D eigenvalue weighted by Gasteiger charge is -2.35. The predicted molar refractivity (Wildman–Crippen MR) is 108 cm³/mol. The summed E-state index contributed by atoms with van der Waals surface area (Å²) in [6, 6.07) is 5.48. The fourth-order valence-corrected chi connectivity index (χ4v) is 2.77. The van der Waals surface area contributed by atoms with Crippen molar-refractivity contribution in [2.24, 2.45) is 0 Å². The number of benzene rings is 2. The molecule has 1 atom stereocenters. The first-order valence-electron chi connectivity index (χ1n) is 8.92. The van der Waals surface area contributed by atoms with E-state index in [1.54, 1.807) is 0 Å². The van der Waals surface area contributed by atoms with E-state index < -0.39 is 41.6 Å². The molecule has 0 heterocycles. The number of hydrogen-bond acceptors (Lipinski definition) is 6. The van der Waals surface area contributed by atoms with Crippen molar-refractivity contribution in [1.29, 1.82) is 0 Å². The molecule has 0 aliphatic heterocycles. The molecule has 34 heavy (non-hydrogen) atoms. The number of esters is 1. The molecule has 0 saturated carbocycles. The summed E-state index contributed by atoms with van der Waals surface area (Å²) in [5.41, 5.74) is -4.44. The van der Waals surface area contributed by atoms with Crippen LogP contribution in [0, 0.1) is 0 Å². The molecule has 0 bridgehead atoms. The van der Waals surface area contributed by atoms with E-state index in [0.29, 0.717) is 7.11 Å². The zero-order valence-corrected chi connectivity index (χ0v) is 18.0. The Morgan fingerprint density at radius 2 is 1.56 bits per heavy atom. The Kier molecular flexibility index (Phi) is 7.97. The number of nitrogens with one attached hydrogen (secondary N) is 3. The summed E-state index contributed by atoms with van der Waals surface area (Å²) < 4.78 is 92.0. The number of alkyl halides is 6. The number of carbonyl (C=O) groups is 2. The molecule has 0 spiro atoms. The van der Waals surface area contributed by atoms with Crippen molar-refractivity contribution in [3.8, 4) is 11.5 Å². The van der Waals surface area contributed by atoms with Gasteiger partial charge in [0.15, 0.2) is 0 Å². The highest BCUT2D eigenvalue weighted by molar-refractivity contribution is 6.31. The van der Waals surface area contributed by atoms with Crippen molar-refractivity contribution in [2.75, 3.05) is 24.9 Å². The van der Waals surface area contributed by atoms with Crippen LogP contribution in [0.1, 0.15) is 0 Å². The molecule has 186 valence electrons. The zero-order valence-electron chi connectivity index (χ0n) is 17.2. The fraction of sp³-hybridized carbons (Fsp3) is 0.263. The summed E-state index contributed by atoms with van der Waals surface area (Å²) >= 11 is 5.82. The minimum absolute atomic E-state index is 0.0187. The minimum atomic E-state index is -5.46. The molecule has 0 aliphatic rings. The SMILES string of the molecule is COC(=O)[C@](NC(=O)Nc1ccc(OC(F)(F)F)cc1)(Nc1cc(Cl)ccc1OC)C(F)(F)F. The highest BCUT2D eigenvalue weighted by Crippen LogP contribution is 2.37. The lowest BCUT2D eigenvalue weighted by Crippen LogP contribution is -2.69. The van der Waals surface area contributed by atoms with Gasteiger partial charge >= 0.3 is 30.2 Å². The van der Waals surface area contributed by atoms with Crippen molar-refractivity contribution in [2.45, 2.75) is 18.2 Å². The maximum absolute atomic E-state index is 14.1. The number of amides is 2. The minimum Gasteiger partial charge on any atom is -0.495 e. The van der Waals surface area contributed by atoms with Crippen LogP contribution >= 0.6 is 11.6 Å². The Hall–Kier alpha value is -3.55. The number of hydrogen-bond donors (Lipinski definition) is 3. The first-order chi connectivity index (χ1) is 15.7. The van der Waals surface area contributed by atoms with Crippen LogP contribution in [-0.2, 0) is 9.53 Å². The Bertz CT molecular complexity index is 1030. The van der Waals surface area contributed by atoms with E-state index in [2.05, 4.69) is 9.47 Å². The van der Waals surface area contributed by atoms with E-state index in [0.717, 1.165) is 37.4 Å². The predicted octanol–water partition coefficient (Wildman–Crippen LogP) is 4.91. The van der Waals surface area contributed by atoms with Crippen molar-refractivity contribution in [1.82, 2.24) is 5.32 Å². The van der Waals surface area contributed by atoms with Gasteiger partial charge in [-0.05, 0) is 42.5 Å². The van der Waals surface area contributed by atoms with E-state index in [9.17, 15) is 35.9 Å². The lowest BCUT2D eigenvalue weighted by molar-refractivity contribution is -0.274. The molecule has 0 radical (unpaired) electrons. The van der Waals surface area contributed by atoms with Crippen LogP contribution in [0.4, 0.5) is 42.5 Å². The molecule has 2 amide bonds. The lowest BCUT2D eigenvalue weighted by atomic mass is 10.1. The van der Waals surface area contributed by atoms with Gasteiger partial charge in [-0.2, -0.15) is 13.2 Å². The van der Waals surface area contributed by atoms with Crippen LogP contribution in [0.3, 0.4) is 0 Å². The number of anilines is 2. The van der Waals surface area contributed by atoms with Gasteiger partial charge < -0.3 is 24.8 Å². The van der Waals surface area contributed by atoms with Gasteiger partial charge in [-0.1, -0.05) is 11.6 Å². The van der Waals surface area contributed by atoms with E-state index in [-0.39, 0.29) is 16.5 Å². The summed E-state index contributed by atoms with van der Waals surface area (Å²) in [6.45, 7) is 0. The number of methoxy groups -OCH3 is 2. The van der Waals surface area contributed by atoms with Gasteiger partial charge in [-0.25, -0.2) is 9.59 Å². The highest BCUT2D eigenvalue weighted by atomic mass is 35.5. The summed E-state index contributed by atoms with van der Waals surface area (Å²) in [5, 5.41) is 5.29. The van der Waals surface area contributed by atoms with Gasteiger partial charge in [0.1, 0.15) is 11.5 Å². The Morgan fingerprint density at radius 1 is 0.941 bits per heavy atom. The summed E-state index contributed by atoms with van der Waals surface area (Å²) in [7, 11) is 1.81. The Morgan fingerprint density at radius 3 is 2.06 bits per heavy atom. The van der Waals surface area contributed by atoms with Crippen molar-refractivity contribution >= 4 is 35.0 Å². The number of carbonyl (C=O) groups excluding carboxylic acids is 2. The summed E-state index contributed by atoms with van der Waals surface area (Å²) in [5.74, 6) is -2.72. The molecule has 15 heteroatoms. The normalized spacial score (nSPS) is 13.3. The van der Waals surface area contributed by atoms with Crippen LogP contribution in [0.5, 0.6) is 11.5 Å². The second kappa shape index (κ2) is 10.2. The van der Waals surface area contributed by atoms with Gasteiger partial charge in [0, 0.05) is 10.7 Å². The number of rotatable bonds is 7. The van der Waals surface area contributed by atoms with Gasteiger partial charge in [0.2, 0.25) is 0 Å². The van der Waals surface area contributed by atoms with Gasteiger partial charge in [-0.15, -0.1) is 13.2 Å². The van der Waals surface area contributed by atoms with Crippen LogP contribution in [-0.4, -0.2) is 44.4 Å².